The number of hydrogen-bond acceptors (Lipinski definition) is 3. The molecule has 0 saturated carbocycles. The quantitative estimate of drug-likeness (QED) is 0.765. The van der Waals surface area contributed by atoms with Crippen LogP contribution in [0.4, 0.5) is 0 Å². The van der Waals surface area contributed by atoms with Crippen molar-refractivity contribution in [2.24, 2.45) is 0 Å². The van der Waals surface area contributed by atoms with Gasteiger partial charge in [-0.2, -0.15) is 0 Å². The Hall–Kier alpha value is -1.61. The summed E-state index contributed by atoms with van der Waals surface area (Å²) in [5.74, 6) is 0.810. The van der Waals surface area contributed by atoms with Gasteiger partial charge in [0.05, 0.1) is 5.69 Å². The molecule has 0 bridgehead atoms. The Bertz CT molecular complexity index is 462. The topological polar surface area (TPSA) is 35.0 Å². The molecular weight excluding hydrogens is 224 g/mol. The normalized spacial score (nSPS) is 12.1. The Labute approximate surface area is 99.1 Å². The number of nitrogens with zero attached hydrogens (tertiary/aromatic N) is 2. The standard InChI is InChI=1S/C12H11ClN2O/c1-9(11-7-12(13)15-8-14-11)16-10-5-3-2-4-6-10/h2-9H,1H3/t9-/m0/s1. The molecule has 82 valence electrons. The number of rotatable bonds is 3. The summed E-state index contributed by atoms with van der Waals surface area (Å²) in [4.78, 5) is 7.94. The van der Waals surface area contributed by atoms with Gasteiger partial charge in [0.25, 0.3) is 0 Å². The second-order valence-corrected chi connectivity index (χ2v) is 3.73. The van der Waals surface area contributed by atoms with E-state index in [2.05, 4.69) is 9.97 Å². The van der Waals surface area contributed by atoms with E-state index in [1.165, 1.54) is 6.33 Å². The minimum atomic E-state index is -0.150. The minimum absolute atomic E-state index is 0.150. The molecule has 4 heteroatoms. The van der Waals surface area contributed by atoms with Crippen molar-refractivity contribution < 1.29 is 4.74 Å². The van der Waals surface area contributed by atoms with Crippen LogP contribution in [0.1, 0.15) is 18.7 Å². The molecule has 3 nitrogen and oxygen atoms in total. The Kier molecular flexibility index (Phi) is 3.37. The molecule has 0 amide bonds. The van der Waals surface area contributed by atoms with E-state index in [9.17, 15) is 0 Å². The molecule has 0 aliphatic rings. The van der Waals surface area contributed by atoms with Crippen LogP contribution in [0.15, 0.2) is 42.7 Å². The van der Waals surface area contributed by atoms with Gasteiger partial charge in [-0.15, -0.1) is 0 Å². The average Bonchev–Trinajstić information content (AvgIpc) is 2.30. The number of hydrogen-bond donors (Lipinski definition) is 0. The molecule has 0 aliphatic carbocycles. The number of ether oxygens (including phenoxy) is 1. The summed E-state index contributed by atoms with van der Waals surface area (Å²) in [5.41, 5.74) is 0.767. The van der Waals surface area contributed by atoms with E-state index in [1.807, 2.05) is 37.3 Å². The molecule has 0 saturated heterocycles. The van der Waals surface area contributed by atoms with Crippen molar-refractivity contribution in [2.45, 2.75) is 13.0 Å². The summed E-state index contributed by atoms with van der Waals surface area (Å²) in [5, 5.41) is 0.425. The summed E-state index contributed by atoms with van der Waals surface area (Å²) in [6.45, 7) is 1.92. The third-order valence-electron chi connectivity index (χ3n) is 2.13. The van der Waals surface area contributed by atoms with Crippen molar-refractivity contribution in [3.63, 3.8) is 0 Å². The van der Waals surface area contributed by atoms with Crippen LogP contribution in [0, 0.1) is 0 Å². The highest BCUT2D eigenvalue weighted by molar-refractivity contribution is 6.29. The van der Waals surface area contributed by atoms with Crippen LogP contribution in [0.3, 0.4) is 0 Å². The number of benzene rings is 1. The number of halogens is 1. The zero-order valence-corrected chi connectivity index (χ0v) is 9.56. The zero-order chi connectivity index (χ0) is 11.4. The highest BCUT2D eigenvalue weighted by Crippen LogP contribution is 2.20. The molecule has 16 heavy (non-hydrogen) atoms. The van der Waals surface area contributed by atoms with Gasteiger partial charge in [0.15, 0.2) is 0 Å². The maximum atomic E-state index is 5.79. The fraction of sp³-hybridized carbons (Fsp3) is 0.167. The lowest BCUT2D eigenvalue weighted by Gasteiger charge is -2.13. The van der Waals surface area contributed by atoms with E-state index in [0.717, 1.165) is 11.4 Å². The van der Waals surface area contributed by atoms with Crippen molar-refractivity contribution in [2.75, 3.05) is 0 Å². The summed E-state index contributed by atoms with van der Waals surface area (Å²) in [6, 6.07) is 11.3. The summed E-state index contributed by atoms with van der Waals surface area (Å²) >= 11 is 5.79. The summed E-state index contributed by atoms with van der Waals surface area (Å²) in [6.07, 6.45) is 1.28. The second-order valence-electron chi connectivity index (χ2n) is 3.34. The predicted molar refractivity (Wildman–Crippen MR) is 62.5 cm³/mol. The molecule has 2 aromatic rings. The average molecular weight is 235 g/mol. The first-order valence-corrected chi connectivity index (χ1v) is 5.32. The lowest BCUT2D eigenvalue weighted by Crippen LogP contribution is -2.05. The maximum Gasteiger partial charge on any atom is 0.138 e. The molecule has 1 aromatic heterocycles. The van der Waals surface area contributed by atoms with Crippen LogP contribution in [0.25, 0.3) is 0 Å². The van der Waals surface area contributed by atoms with E-state index < -0.39 is 0 Å². The van der Waals surface area contributed by atoms with Crippen LogP contribution in [0.5, 0.6) is 5.75 Å². The molecule has 1 aromatic carbocycles. The van der Waals surface area contributed by atoms with Gasteiger partial charge in [0.1, 0.15) is 23.3 Å². The van der Waals surface area contributed by atoms with Crippen LogP contribution >= 0.6 is 11.6 Å². The Morgan fingerprint density at radius 2 is 1.94 bits per heavy atom. The molecule has 0 unspecified atom stereocenters. The third kappa shape index (κ3) is 2.70. The van der Waals surface area contributed by atoms with E-state index in [0.29, 0.717) is 5.15 Å². The molecule has 0 aliphatic heterocycles. The van der Waals surface area contributed by atoms with Crippen LogP contribution in [-0.2, 0) is 0 Å². The lowest BCUT2D eigenvalue weighted by molar-refractivity contribution is 0.221. The highest BCUT2D eigenvalue weighted by atomic mass is 35.5. The molecule has 0 fully saturated rings. The molecular formula is C12H11ClN2O. The molecule has 0 radical (unpaired) electrons. The van der Waals surface area contributed by atoms with E-state index in [4.69, 9.17) is 16.3 Å². The van der Waals surface area contributed by atoms with Crippen LogP contribution in [-0.4, -0.2) is 9.97 Å². The maximum absolute atomic E-state index is 5.79. The van der Waals surface area contributed by atoms with Crippen LogP contribution in [0.2, 0.25) is 5.15 Å². The van der Waals surface area contributed by atoms with E-state index in [1.54, 1.807) is 6.07 Å². The molecule has 0 spiro atoms. The summed E-state index contributed by atoms with van der Waals surface area (Å²) in [7, 11) is 0. The third-order valence-corrected chi connectivity index (χ3v) is 2.33. The highest BCUT2D eigenvalue weighted by Gasteiger charge is 2.09. The number of para-hydroxylation sites is 1. The second kappa shape index (κ2) is 4.94. The van der Waals surface area contributed by atoms with Gasteiger partial charge in [0, 0.05) is 6.07 Å². The molecule has 1 heterocycles. The largest absolute Gasteiger partial charge is 0.484 e. The van der Waals surface area contributed by atoms with Crippen molar-refractivity contribution >= 4 is 11.6 Å². The summed E-state index contributed by atoms with van der Waals surface area (Å²) < 4.78 is 5.71. The van der Waals surface area contributed by atoms with Gasteiger partial charge in [-0.25, -0.2) is 9.97 Å². The van der Waals surface area contributed by atoms with Gasteiger partial charge in [-0.1, -0.05) is 29.8 Å². The zero-order valence-electron chi connectivity index (χ0n) is 8.80. The van der Waals surface area contributed by atoms with Crippen molar-refractivity contribution in [3.8, 4) is 5.75 Å². The minimum Gasteiger partial charge on any atom is -0.484 e. The SMILES string of the molecule is C[C@H](Oc1ccccc1)c1cc(Cl)ncn1. The van der Waals surface area contributed by atoms with Gasteiger partial charge >= 0.3 is 0 Å². The Morgan fingerprint density at radius 1 is 1.19 bits per heavy atom. The number of aromatic nitrogens is 2. The van der Waals surface area contributed by atoms with Gasteiger partial charge in [-0.3, -0.25) is 0 Å². The Balaban J connectivity index is 2.12. The Morgan fingerprint density at radius 3 is 2.62 bits per heavy atom. The smallest absolute Gasteiger partial charge is 0.138 e. The molecule has 0 N–H and O–H groups in total. The van der Waals surface area contributed by atoms with E-state index in [-0.39, 0.29) is 6.10 Å². The van der Waals surface area contributed by atoms with E-state index >= 15 is 0 Å². The van der Waals surface area contributed by atoms with Gasteiger partial charge < -0.3 is 4.74 Å². The van der Waals surface area contributed by atoms with Crippen molar-refractivity contribution in [1.29, 1.82) is 0 Å². The van der Waals surface area contributed by atoms with Gasteiger partial charge in [-0.05, 0) is 19.1 Å². The fourth-order valence-electron chi connectivity index (χ4n) is 1.33. The fourth-order valence-corrected chi connectivity index (χ4v) is 1.49. The molecule has 1 atom stereocenters. The lowest BCUT2D eigenvalue weighted by atomic mass is 10.2. The van der Waals surface area contributed by atoms with Gasteiger partial charge in [0.2, 0.25) is 0 Å². The first kappa shape index (κ1) is 10.9. The van der Waals surface area contributed by atoms with Crippen molar-refractivity contribution in [1.82, 2.24) is 9.97 Å². The first-order valence-electron chi connectivity index (χ1n) is 4.95. The molecule has 2 rings (SSSR count). The first-order chi connectivity index (χ1) is 7.75. The van der Waals surface area contributed by atoms with Crippen LogP contribution < -0.4 is 4.74 Å². The predicted octanol–water partition coefficient (Wildman–Crippen LogP) is 3.27. The van der Waals surface area contributed by atoms with Crippen molar-refractivity contribution in [3.05, 3.63) is 53.6 Å². The monoisotopic (exact) mass is 234 g/mol.